The summed E-state index contributed by atoms with van der Waals surface area (Å²) in [4.78, 5) is 26.7. The van der Waals surface area contributed by atoms with Crippen LogP contribution in [0.5, 0.6) is 0 Å². The molecular formula is C29H30N4O. The molecule has 2 aliphatic rings. The first-order valence-electron chi connectivity index (χ1n) is 12.5. The van der Waals surface area contributed by atoms with Crippen LogP contribution in [-0.4, -0.2) is 19.5 Å². The van der Waals surface area contributed by atoms with E-state index in [0.29, 0.717) is 17.8 Å². The van der Waals surface area contributed by atoms with Crippen molar-refractivity contribution in [2.75, 3.05) is 0 Å². The van der Waals surface area contributed by atoms with Crippen molar-refractivity contribution in [1.29, 1.82) is 0 Å². The molecule has 0 spiro atoms. The molecule has 4 aromatic rings. The van der Waals surface area contributed by atoms with Crippen LogP contribution in [0.3, 0.4) is 0 Å². The summed E-state index contributed by atoms with van der Waals surface area (Å²) in [6.45, 7) is 2.07. The smallest absolute Gasteiger partial charge is 0.255 e. The van der Waals surface area contributed by atoms with Gasteiger partial charge in [0.15, 0.2) is 0 Å². The van der Waals surface area contributed by atoms with Gasteiger partial charge < -0.3 is 0 Å². The van der Waals surface area contributed by atoms with Gasteiger partial charge in [-0.05, 0) is 98.6 Å². The predicted octanol–water partition coefficient (Wildman–Crippen LogP) is 5.56. The number of aromatic nitrogens is 4. The van der Waals surface area contributed by atoms with E-state index >= 15 is 0 Å². The van der Waals surface area contributed by atoms with Crippen LogP contribution in [0, 0.1) is 18.8 Å². The molecule has 5 nitrogen and oxygen atoms in total. The Kier molecular flexibility index (Phi) is 5.48. The minimum absolute atomic E-state index is 0.0290. The second-order valence-electron chi connectivity index (χ2n) is 10.2. The lowest BCUT2D eigenvalue weighted by Crippen LogP contribution is -2.18. The topological polar surface area (TPSA) is 60.7 Å². The average molecular weight is 451 g/mol. The van der Waals surface area contributed by atoms with Crippen molar-refractivity contribution >= 4 is 10.9 Å². The molecule has 2 saturated carbocycles. The summed E-state index contributed by atoms with van der Waals surface area (Å²) in [7, 11) is 0. The van der Waals surface area contributed by atoms with E-state index in [1.807, 2.05) is 42.9 Å². The number of nitrogens with zero attached hydrogens (tertiary/aromatic N) is 4. The molecule has 2 atom stereocenters. The molecule has 0 unspecified atom stereocenters. The summed E-state index contributed by atoms with van der Waals surface area (Å²) in [5.41, 5.74) is 5.29. The SMILES string of the molecule is Cc1cccc2c1ccc(=O)n2-c1ccc(C[C@H]2CC[C@H](Cc3ncc(C4CC4)cn3)C2)nc1. The van der Waals surface area contributed by atoms with E-state index in [-0.39, 0.29) is 5.56 Å². The van der Waals surface area contributed by atoms with Gasteiger partial charge >= 0.3 is 0 Å². The largest absolute Gasteiger partial charge is 0.275 e. The van der Waals surface area contributed by atoms with E-state index in [0.717, 1.165) is 46.5 Å². The maximum Gasteiger partial charge on any atom is 0.255 e. The van der Waals surface area contributed by atoms with Gasteiger partial charge in [0.1, 0.15) is 5.82 Å². The lowest BCUT2D eigenvalue weighted by molar-refractivity contribution is 0.476. The summed E-state index contributed by atoms with van der Waals surface area (Å²) >= 11 is 0. The van der Waals surface area contributed by atoms with Gasteiger partial charge in [0.25, 0.3) is 5.56 Å². The summed E-state index contributed by atoms with van der Waals surface area (Å²) in [6.07, 6.45) is 14.2. The van der Waals surface area contributed by atoms with Crippen molar-refractivity contribution in [3.8, 4) is 5.69 Å². The summed E-state index contributed by atoms with van der Waals surface area (Å²) in [6, 6.07) is 13.7. The first kappa shape index (κ1) is 21.2. The van der Waals surface area contributed by atoms with Gasteiger partial charge in [-0.2, -0.15) is 0 Å². The summed E-state index contributed by atoms with van der Waals surface area (Å²) in [5, 5.41) is 1.09. The molecule has 3 aromatic heterocycles. The molecule has 6 rings (SSSR count). The van der Waals surface area contributed by atoms with Gasteiger partial charge in [-0.3, -0.25) is 14.3 Å². The number of hydrogen-bond acceptors (Lipinski definition) is 4. The highest BCUT2D eigenvalue weighted by Gasteiger charge is 2.27. The first-order valence-corrected chi connectivity index (χ1v) is 12.5. The highest BCUT2D eigenvalue weighted by atomic mass is 16.1. The standard InChI is InChI=1S/C29H30N4O/c1-19-3-2-4-27-26(19)11-12-29(34)33(27)25-10-9-24(30-18-25)14-20-5-6-21(13-20)15-28-31-16-23(17-32-28)22-7-8-22/h2-4,9-12,16-18,20-22H,5-8,13-15H2,1H3/t20-,21-/m0/s1. The van der Waals surface area contributed by atoms with Crippen LogP contribution in [0.2, 0.25) is 0 Å². The minimum Gasteiger partial charge on any atom is -0.275 e. The summed E-state index contributed by atoms with van der Waals surface area (Å²) in [5.74, 6) is 3.02. The summed E-state index contributed by atoms with van der Waals surface area (Å²) < 4.78 is 1.76. The molecule has 2 aliphatic carbocycles. The lowest BCUT2D eigenvalue weighted by Gasteiger charge is -2.13. The zero-order chi connectivity index (χ0) is 23.1. The Hall–Kier alpha value is -3.34. The number of hydrogen-bond donors (Lipinski definition) is 0. The van der Waals surface area contributed by atoms with Crippen LogP contribution >= 0.6 is 0 Å². The molecule has 0 radical (unpaired) electrons. The minimum atomic E-state index is -0.0290. The quantitative estimate of drug-likeness (QED) is 0.386. The van der Waals surface area contributed by atoms with E-state index < -0.39 is 0 Å². The molecule has 3 heterocycles. The van der Waals surface area contributed by atoms with Gasteiger partial charge in [0.2, 0.25) is 0 Å². The number of aryl methyl sites for hydroxylation is 1. The molecule has 34 heavy (non-hydrogen) atoms. The Morgan fingerprint density at radius 1 is 0.853 bits per heavy atom. The van der Waals surface area contributed by atoms with Gasteiger partial charge in [-0.15, -0.1) is 0 Å². The molecule has 5 heteroatoms. The molecule has 2 fully saturated rings. The van der Waals surface area contributed by atoms with Crippen LogP contribution < -0.4 is 5.56 Å². The van der Waals surface area contributed by atoms with Crippen molar-refractivity contribution < 1.29 is 0 Å². The van der Waals surface area contributed by atoms with Gasteiger partial charge in [0, 0.05) is 36.0 Å². The van der Waals surface area contributed by atoms with E-state index in [4.69, 9.17) is 4.98 Å². The first-order chi connectivity index (χ1) is 16.6. The Morgan fingerprint density at radius 2 is 1.65 bits per heavy atom. The van der Waals surface area contributed by atoms with Crippen molar-refractivity contribution in [3.05, 3.63) is 94.1 Å². The molecule has 0 N–H and O–H groups in total. The van der Waals surface area contributed by atoms with Crippen LogP contribution in [0.15, 0.2) is 65.8 Å². The fourth-order valence-corrected chi connectivity index (χ4v) is 5.56. The number of rotatable bonds is 6. The number of pyridine rings is 2. The second-order valence-corrected chi connectivity index (χ2v) is 10.2. The van der Waals surface area contributed by atoms with Gasteiger partial charge in [-0.1, -0.05) is 12.1 Å². The van der Waals surface area contributed by atoms with E-state index in [1.165, 1.54) is 37.7 Å². The Labute approximate surface area is 199 Å². The fourth-order valence-electron chi connectivity index (χ4n) is 5.56. The maximum absolute atomic E-state index is 12.7. The molecule has 0 bridgehead atoms. The van der Waals surface area contributed by atoms with Crippen LogP contribution in [0.1, 0.15) is 60.7 Å². The van der Waals surface area contributed by atoms with Crippen molar-refractivity contribution in [1.82, 2.24) is 19.5 Å². The molecule has 0 aliphatic heterocycles. The van der Waals surface area contributed by atoms with Crippen LogP contribution in [-0.2, 0) is 12.8 Å². The average Bonchev–Trinajstić information content (AvgIpc) is 3.61. The van der Waals surface area contributed by atoms with E-state index in [2.05, 4.69) is 29.0 Å². The van der Waals surface area contributed by atoms with Crippen LogP contribution in [0.4, 0.5) is 0 Å². The van der Waals surface area contributed by atoms with Gasteiger partial charge in [0.05, 0.1) is 17.4 Å². The van der Waals surface area contributed by atoms with E-state index in [9.17, 15) is 4.79 Å². The van der Waals surface area contributed by atoms with Crippen molar-refractivity contribution in [2.45, 2.75) is 57.8 Å². The Bertz CT molecular complexity index is 1370. The second kappa shape index (κ2) is 8.79. The molecule has 0 saturated heterocycles. The molecule has 0 amide bonds. The van der Waals surface area contributed by atoms with E-state index in [1.54, 1.807) is 10.6 Å². The Balaban J connectivity index is 1.12. The third kappa shape index (κ3) is 4.27. The highest BCUT2D eigenvalue weighted by molar-refractivity contribution is 5.83. The Morgan fingerprint density at radius 3 is 2.38 bits per heavy atom. The molecule has 172 valence electrons. The normalized spacial score (nSPS) is 20.1. The zero-order valence-corrected chi connectivity index (χ0v) is 19.7. The lowest BCUT2D eigenvalue weighted by atomic mass is 9.97. The van der Waals surface area contributed by atoms with Crippen LogP contribution in [0.25, 0.3) is 16.6 Å². The third-order valence-electron chi connectivity index (χ3n) is 7.62. The van der Waals surface area contributed by atoms with Crippen molar-refractivity contribution in [3.63, 3.8) is 0 Å². The van der Waals surface area contributed by atoms with Gasteiger partial charge in [-0.25, -0.2) is 9.97 Å². The third-order valence-corrected chi connectivity index (χ3v) is 7.62. The molecule has 1 aromatic carbocycles. The monoisotopic (exact) mass is 450 g/mol. The zero-order valence-electron chi connectivity index (χ0n) is 19.7. The van der Waals surface area contributed by atoms with Crippen molar-refractivity contribution in [2.24, 2.45) is 11.8 Å². The predicted molar refractivity (Wildman–Crippen MR) is 134 cm³/mol. The number of benzene rings is 1. The number of fused-ring (bicyclic) bond motifs is 1. The molecular weight excluding hydrogens is 420 g/mol. The maximum atomic E-state index is 12.7. The fraction of sp³-hybridized carbons (Fsp3) is 0.379. The highest BCUT2D eigenvalue weighted by Crippen LogP contribution is 2.39.